The number of aliphatic hydroxyl groups excluding tert-OH is 1. The van der Waals surface area contributed by atoms with Crippen LogP contribution in [0.1, 0.15) is 23.8 Å². The molecule has 0 spiro atoms. The van der Waals surface area contributed by atoms with Crippen molar-refractivity contribution in [2.24, 2.45) is 0 Å². The highest BCUT2D eigenvalue weighted by Crippen LogP contribution is 2.28. The standard InChI is InChI=1S/C17H20N2O7S/c1-10-5-3-4-6-14(10)27(23,24)25-9-13-12(20)7-15(26-13)19-8-11(2)16(21)18-17(19)22/h3-6,8,12-13,15,20H,7,9H2,1-2H3,(H,18,21,22)/t12?,13-,15-/m1/s1. The van der Waals surface area contributed by atoms with Crippen LogP contribution in [0.15, 0.2) is 44.9 Å². The van der Waals surface area contributed by atoms with Gasteiger partial charge in [-0.15, -0.1) is 0 Å². The predicted molar refractivity (Wildman–Crippen MR) is 94.9 cm³/mol. The molecular formula is C17H20N2O7S. The van der Waals surface area contributed by atoms with Gasteiger partial charge < -0.3 is 9.84 Å². The van der Waals surface area contributed by atoms with Crippen molar-refractivity contribution in [2.45, 2.75) is 43.6 Å². The Kier molecular flexibility index (Phi) is 5.33. The molecule has 3 atom stereocenters. The van der Waals surface area contributed by atoms with Crippen LogP contribution in [0.3, 0.4) is 0 Å². The van der Waals surface area contributed by atoms with Gasteiger partial charge in [-0.3, -0.25) is 18.5 Å². The Balaban J connectivity index is 1.73. The molecule has 146 valence electrons. The van der Waals surface area contributed by atoms with Crippen LogP contribution in [-0.2, 0) is 19.0 Å². The smallest absolute Gasteiger partial charge is 0.330 e. The molecule has 1 aromatic heterocycles. The molecule has 3 rings (SSSR count). The first kappa shape index (κ1) is 19.5. The second-order valence-corrected chi connectivity index (χ2v) is 8.00. The second-order valence-electron chi connectivity index (χ2n) is 6.42. The van der Waals surface area contributed by atoms with Crippen LogP contribution in [0.25, 0.3) is 0 Å². The summed E-state index contributed by atoms with van der Waals surface area (Å²) in [6.45, 7) is 2.79. The first-order valence-electron chi connectivity index (χ1n) is 8.29. The van der Waals surface area contributed by atoms with E-state index in [9.17, 15) is 23.1 Å². The number of H-pyrrole nitrogens is 1. The first-order chi connectivity index (χ1) is 12.7. The lowest BCUT2D eigenvalue weighted by Gasteiger charge is -2.16. The molecule has 9 nitrogen and oxygen atoms in total. The predicted octanol–water partition coefficient (Wildman–Crippen LogP) is 0.207. The molecule has 0 radical (unpaired) electrons. The third-order valence-electron chi connectivity index (χ3n) is 4.41. The van der Waals surface area contributed by atoms with Crippen LogP contribution in [0.4, 0.5) is 0 Å². The molecule has 27 heavy (non-hydrogen) atoms. The Morgan fingerprint density at radius 2 is 1.96 bits per heavy atom. The van der Waals surface area contributed by atoms with Crippen molar-refractivity contribution in [3.63, 3.8) is 0 Å². The van der Waals surface area contributed by atoms with Crippen molar-refractivity contribution in [3.8, 4) is 0 Å². The van der Waals surface area contributed by atoms with E-state index in [1.54, 1.807) is 25.1 Å². The maximum absolute atomic E-state index is 12.3. The van der Waals surface area contributed by atoms with Crippen molar-refractivity contribution in [1.82, 2.24) is 9.55 Å². The molecule has 1 saturated heterocycles. The molecule has 0 amide bonds. The van der Waals surface area contributed by atoms with Gasteiger partial charge in [0, 0.05) is 18.2 Å². The summed E-state index contributed by atoms with van der Waals surface area (Å²) >= 11 is 0. The third kappa shape index (κ3) is 4.03. The molecule has 2 aromatic rings. The topological polar surface area (TPSA) is 128 Å². The number of nitrogens with zero attached hydrogens (tertiary/aromatic N) is 1. The van der Waals surface area contributed by atoms with E-state index in [0.29, 0.717) is 11.1 Å². The number of aryl methyl sites for hydroxylation is 2. The Labute approximate surface area is 155 Å². The fraction of sp³-hybridized carbons (Fsp3) is 0.412. The normalized spacial score (nSPS) is 22.9. The van der Waals surface area contributed by atoms with Crippen LogP contribution >= 0.6 is 0 Å². The number of aromatic amines is 1. The van der Waals surface area contributed by atoms with E-state index < -0.39 is 46.4 Å². The maximum atomic E-state index is 12.3. The van der Waals surface area contributed by atoms with Gasteiger partial charge in [0.1, 0.15) is 12.3 Å². The summed E-state index contributed by atoms with van der Waals surface area (Å²) in [4.78, 5) is 25.6. The zero-order chi connectivity index (χ0) is 19.8. The summed E-state index contributed by atoms with van der Waals surface area (Å²) in [7, 11) is -4.01. The van der Waals surface area contributed by atoms with Gasteiger partial charge in [0.25, 0.3) is 15.7 Å². The Hall–Kier alpha value is -2.27. The highest BCUT2D eigenvalue weighted by atomic mass is 32.2. The number of aromatic nitrogens is 2. The number of rotatable bonds is 5. The van der Waals surface area contributed by atoms with Crippen LogP contribution in [0.5, 0.6) is 0 Å². The molecule has 2 N–H and O–H groups in total. The lowest BCUT2D eigenvalue weighted by molar-refractivity contribution is -0.0400. The van der Waals surface area contributed by atoms with Crippen molar-refractivity contribution in [3.05, 3.63) is 62.4 Å². The van der Waals surface area contributed by atoms with Gasteiger partial charge in [0.15, 0.2) is 0 Å². The van der Waals surface area contributed by atoms with Gasteiger partial charge in [0.05, 0.1) is 17.6 Å². The van der Waals surface area contributed by atoms with E-state index in [2.05, 4.69) is 4.98 Å². The zero-order valence-corrected chi connectivity index (χ0v) is 15.6. The molecule has 10 heteroatoms. The largest absolute Gasteiger partial charge is 0.390 e. The highest BCUT2D eigenvalue weighted by Gasteiger charge is 2.37. The van der Waals surface area contributed by atoms with Gasteiger partial charge in [-0.05, 0) is 25.5 Å². The van der Waals surface area contributed by atoms with Crippen LogP contribution in [-0.4, -0.2) is 41.9 Å². The van der Waals surface area contributed by atoms with Crippen LogP contribution < -0.4 is 11.2 Å². The molecule has 0 saturated carbocycles. The van der Waals surface area contributed by atoms with E-state index >= 15 is 0 Å². The average Bonchev–Trinajstić information content (AvgIpc) is 2.97. The van der Waals surface area contributed by atoms with Crippen molar-refractivity contribution in [1.29, 1.82) is 0 Å². The SMILES string of the molecule is Cc1ccccc1S(=O)(=O)OC[C@H]1O[C@@H](n2cc(C)c(=O)[nH]c2=O)CC1O. The summed E-state index contributed by atoms with van der Waals surface area (Å²) in [6, 6.07) is 6.39. The zero-order valence-electron chi connectivity index (χ0n) is 14.8. The molecule has 0 aliphatic carbocycles. The van der Waals surface area contributed by atoms with Crippen molar-refractivity contribution >= 4 is 10.1 Å². The van der Waals surface area contributed by atoms with Crippen LogP contribution in [0.2, 0.25) is 0 Å². The fourth-order valence-electron chi connectivity index (χ4n) is 2.89. The van der Waals surface area contributed by atoms with Gasteiger partial charge in [0.2, 0.25) is 0 Å². The Morgan fingerprint density at radius 1 is 1.26 bits per heavy atom. The van der Waals surface area contributed by atoms with Crippen LogP contribution in [0, 0.1) is 13.8 Å². The molecule has 1 aliphatic rings. The lowest BCUT2D eigenvalue weighted by atomic mass is 10.2. The lowest BCUT2D eigenvalue weighted by Crippen LogP contribution is -2.33. The number of aliphatic hydroxyl groups is 1. The molecule has 0 bridgehead atoms. The molecule has 1 unspecified atom stereocenters. The summed E-state index contributed by atoms with van der Waals surface area (Å²) in [5.41, 5.74) is -0.316. The van der Waals surface area contributed by atoms with E-state index in [0.717, 1.165) is 4.57 Å². The molecule has 1 aromatic carbocycles. The number of nitrogens with one attached hydrogen (secondary N) is 1. The highest BCUT2D eigenvalue weighted by molar-refractivity contribution is 7.86. The molecule has 2 heterocycles. The van der Waals surface area contributed by atoms with Gasteiger partial charge >= 0.3 is 5.69 Å². The van der Waals surface area contributed by atoms with Gasteiger partial charge in [-0.2, -0.15) is 8.42 Å². The minimum Gasteiger partial charge on any atom is -0.390 e. The molecule has 1 aliphatic heterocycles. The molecule has 1 fully saturated rings. The molecular weight excluding hydrogens is 376 g/mol. The number of hydrogen-bond acceptors (Lipinski definition) is 7. The van der Waals surface area contributed by atoms with E-state index in [1.165, 1.54) is 19.2 Å². The first-order valence-corrected chi connectivity index (χ1v) is 9.70. The summed E-state index contributed by atoms with van der Waals surface area (Å²) in [6.07, 6.45) is -1.40. The fourth-order valence-corrected chi connectivity index (χ4v) is 4.04. The second kappa shape index (κ2) is 7.39. The van der Waals surface area contributed by atoms with Gasteiger partial charge in [-0.25, -0.2) is 4.79 Å². The summed E-state index contributed by atoms with van der Waals surface area (Å²) in [5, 5.41) is 10.2. The average molecular weight is 396 g/mol. The number of benzene rings is 1. The minimum atomic E-state index is -4.01. The monoisotopic (exact) mass is 396 g/mol. The third-order valence-corrected chi connectivity index (χ3v) is 5.85. The van der Waals surface area contributed by atoms with Crippen molar-refractivity contribution in [2.75, 3.05) is 6.61 Å². The maximum Gasteiger partial charge on any atom is 0.330 e. The minimum absolute atomic E-state index is 0.0431. The number of ether oxygens (including phenoxy) is 1. The van der Waals surface area contributed by atoms with Gasteiger partial charge in [-0.1, -0.05) is 18.2 Å². The summed E-state index contributed by atoms with van der Waals surface area (Å²) in [5.74, 6) is 0. The van der Waals surface area contributed by atoms with E-state index in [4.69, 9.17) is 8.92 Å². The Morgan fingerprint density at radius 3 is 2.67 bits per heavy atom. The van der Waals surface area contributed by atoms with Crippen molar-refractivity contribution < 1.29 is 22.4 Å². The summed E-state index contributed by atoms with van der Waals surface area (Å²) < 4.78 is 36.5. The quantitative estimate of drug-likeness (QED) is 0.691. The number of hydrogen-bond donors (Lipinski definition) is 2. The Bertz CT molecular complexity index is 1060. The van der Waals surface area contributed by atoms with E-state index in [-0.39, 0.29) is 11.3 Å². The van der Waals surface area contributed by atoms with E-state index in [1.807, 2.05) is 0 Å².